The summed E-state index contributed by atoms with van der Waals surface area (Å²) in [5.74, 6) is 0.884. The molecule has 0 spiro atoms. The number of hydrogen-bond donors (Lipinski definition) is 0. The van der Waals surface area contributed by atoms with Crippen LogP contribution in [0.1, 0.15) is 5.82 Å². The fourth-order valence-electron chi connectivity index (χ4n) is 2.13. The molecule has 8 heteroatoms. The first-order valence-corrected chi connectivity index (χ1v) is 8.23. The molecule has 1 aliphatic rings. The molecule has 0 aromatic carbocycles. The summed E-state index contributed by atoms with van der Waals surface area (Å²) in [6.45, 7) is 4.59. The summed E-state index contributed by atoms with van der Waals surface area (Å²) in [7, 11) is 1.70. The second-order valence-electron chi connectivity index (χ2n) is 4.52. The molecule has 0 bridgehead atoms. The molecular weight excluding hydrogens is 294 g/mol. The lowest BCUT2D eigenvalue weighted by molar-refractivity contribution is 0.201. The summed E-state index contributed by atoms with van der Waals surface area (Å²) >= 11 is 3.18. The molecule has 0 amide bonds. The van der Waals surface area contributed by atoms with Crippen LogP contribution < -0.4 is 9.80 Å². The van der Waals surface area contributed by atoms with Crippen molar-refractivity contribution in [1.29, 1.82) is 0 Å². The highest BCUT2D eigenvalue weighted by atomic mass is 32.1. The van der Waals surface area contributed by atoms with Crippen molar-refractivity contribution >= 4 is 33.1 Å². The molecule has 2 aromatic rings. The topological polar surface area (TPSA) is 54.4 Å². The molecule has 0 N–H and O–H groups in total. The van der Waals surface area contributed by atoms with Gasteiger partial charge in [0.25, 0.3) is 0 Å². The van der Waals surface area contributed by atoms with Crippen LogP contribution in [-0.4, -0.2) is 54.2 Å². The average molecular weight is 311 g/mol. The molecule has 0 aliphatic carbocycles. The molecular formula is C12H17N5OS2. The lowest BCUT2D eigenvalue weighted by Gasteiger charge is -2.34. The lowest BCUT2D eigenvalue weighted by Crippen LogP contribution is -2.46. The molecule has 0 saturated carbocycles. The predicted octanol–water partition coefficient (Wildman–Crippen LogP) is 1.51. The van der Waals surface area contributed by atoms with Gasteiger partial charge in [-0.2, -0.15) is 4.37 Å². The molecule has 0 atom stereocenters. The molecule has 20 heavy (non-hydrogen) atoms. The number of ether oxygens (including phenoxy) is 1. The van der Waals surface area contributed by atoms with Crippen LogP contribution in [0.2, 0.25) is 0 Å². The Labute approximate surface area is 126 Å². The first-order valence-electron chi connectivity index (χ1n) is 6.58. The zero-order valence-electron chi connectivity index (χ0n) is 11.4. The first-order chi connectivity index (χ1) is 9.86. The van der Waals surface area contributed by atoms with E-state index in [-0.39, 0.29) is 0 Å². The molecule has 1 aliphatic heterocycles. The molecule has 6 nitrogen and oxygen atoms in total. The van der Waals surface area contributed by atoms with Crippen LogP contribution >= 0.6 is 22.9 Å². The molecule has 1 fully saturated rings. The van der Waals surface area contributed by atoms with E-state index >= 15 is 0 Å². The van der Waals surface area contributed by atoms with Gasteiger partial charge in [0.1, 0.15) is 5.82 Å². The van der Waals surface area contributed by atoms with Crippen molar-refractivity contribution in [3.05, 3.63) is 17.4 Å². The Morgan fingerprint density at radius 3 is 2.60 bits per heavy atom. The highest BCUT2D eigenvalue weighted by Crippen LogP contribution is 2.23. The van der Waals surface area contributed by atoms with Crippen LogP contribution in [-0.2, 0) is 11.2 Å². The van der Waals surface area contributed by atoms with Crippen molar-refractivity contribution < 1.29 is 4.74 Å². The second kappa shape index (κ2) is 6.47. The number of piperazine rings is 1. The van der Waals surface area contributed by atoms with Crippen LogP contribution in [0.4, 0.5) is 10.3 Å². The van der Waals surface area contributed by atoms with Gasteiger partial charge in [-0.1, -0.05) is 0 Å². The van der Waals surface area contributed by atoms with E-state index in [1.54, 1.807) is 18.4 Å². The molecule has 0 radical (unpaired) electrons. The zero-order chi connectivity index (χ0) is 13.8. The van der Waals surface area contributed by atoms with E-state index in [0.717, 1.165) is 48.7 Å². The standard InChI is InChI=1S/C12H17N5OS2/c1-18-8-2-10-14-12(20-15-10)17-6-4-16(5-7-17)11-13-3-9-19-11/h3,9H,2,4-8H2,1H3. The van der Waals surface area contributed by atoms with E-state index in [1.807, 2.05) is 11.6 Å². The number of methoxy groups -OCH3 is 1. The quantitative estimate of drug-likeness (QED) is 0.834. The summed E-state index contributed by atoms with van der Waals surface area (Å²) in [5, 5.41) is 4.16. The number of anilines is 2. The lowest BCUT2D eigenvalue weighted by atomic mass is 10.3. The molecule has 0 unspecified atom stereocenters. The summed E-state index contributed by atoms with van der Waals surface area (Å²) in [6.07, 6.45) is 2.64. The van der Waals surface area contributed by atoms with E-state index in [1.165, 1.54) is 11.5 Å². The third-order valence-electron chi connectivity index (χ3n) is 3.23. The Morgan fingerprint density at radius 1 is 1.20 bits per heavy atom. The van der Waals surface area contributed by atoms with E-state index in [0.29, 0.717) is 6.61 Å². The maximum Gasteiger partial charge on any atom is 0.205 e. The third-order valence-corrected chi connectivity index (χ3v) is 4.87. The Hall–Kier alpha value is -1.25. The van der Waals surface area contributed by atoms with Crippen molar-refractivity contribution in [3.63, 3.8) is 0 Å². The highest BCUT2D eigenvalue weighted by Gasteiger charge is 2.21. The Bertz CT molecular complexity index is 522. The van der Waals surface area contributed by atoms with Gasteiger partial charge in [0.15, 0.2) is 5.13 Å². The van der Waals surface area contributed by atoms with Crippen LogP contribution in [0.15, 0.2) is 11.6 Å². The maximum atomic E-state index is 5.05. The minimum atomic E-state index is 0.675. The summed E-state index contributed by atoms with van der Waals surface area (Å²) < 4.78 is 9.44. The SMILES string of the molecule is COCCc1nsc(N2CCN(c3nccs3)CC2)n1. The Kier molecular flexibility index (Phi) is 4.44. The van der Waals surface area contributed by atoms with Gasteiger partial charge in [0, 0.05) is 62.8 Å². The van der Waals surface area contributed by atoms with E-state index in [2.05, 4.69) is 24.1 Å². The van der Waals surface area contributed by atoms with Crippen molar-refractivity contribution in [2.45, 2.75) is 6.42 Å². The number of hydrogen-bond acceptors (Lipinski definition) is 8. The van der Waals surface area contributed by atoms with Crippen LogP contribution in [0.25, 0.3) is 0 Å². The maximum absolute atomic E-state index is 5.05. The summed E-state index contributed by atoms with van der Waals surface area (Å²) in [6, 6.07) is 0. The van der Waals surface area contributed by atoms with Crippen LogP contribution in [0.5, 0.6) is 0 Å². The third kappa shape index (κ3) is 3.08. The van der Waals surface area contributed by atoms with E-state index in [9.17, 15) is 0 Å². The van der Waals surface area contributed by atoms with Gasteiger partial charge in [-0.25, -0.2) is 9.97 Å². The van der Waals surface area contributed by atoms with Gasteiger partial charge in [0.2, 0.25) is 5.13 Å². The normalized spacial score (nSPS) is 15.8. The first kappa shape index (κ1) is 13.7. The van der Waals surface area contributed by atoms with E-state index < -0.39 is 0 Å². The van der Waals surface area contributed by atoms with Crippen LogP contribution in [0.3, 0.4) is 0 Å². The van der Waals surface area contributed by atoms with Gasteiger partial charge >= 0.3 is 0 Å². The van der Waals surface area contributed by atoms with Crippen LogP contribution in [0, 0.1) is 0 Å². The fourth-order valence-corrected chi connectivity index (χ4v) is 3.59. The second-order valence-corrected chi connectivity index (χ2v) is 6.13. The van der Waals surface area contributed by atoms with Gasteiger partial charge in [-0.15, -0.1) is 11.3 Å². The molecule has 3 heterocycles. The average Bonchev–Trinajstić information content (AvgIpc) is 3.17. The van der Waals surface area contributed by atoms with Gasteiger partial charge < -0.3 is 14.5 Å². The number of aromatic nitrogens is 3. The Balaban J connectivity index is 1.56. The van der Waals surface area contributed by atoms with Gasteiger partial charge in [0.05, 0.1) is 6.61 Å². The fraction of sp³-hybridized carbons (Fsp3) is 0.583. The number of rotatable bonds is 5. The monoisotopic (exact) mass is 311 g/mol. The number of thiazole rings is 1. The van der Waals surface area contributed by atoms with Crippen molar-refractivity contribution in [1.82, 2.24) is 14.3 Å². The van der Waals surface area contributed by atoms with Gasteiger partial charge in [-0.05, 0) is 0 Å². The van der Waals surface area contributed by atoms with E-state index in [4.69, 9.17) is 4.74 Å². The minimum Gasteiger partial charge on any atom is -0.384 e. The zero-order valence-corrected chi connectivity index (χ0v) is 13.0. The molecule has 3 rings (SSSR count). The highest BCUT2D eigenvalue weighted by molar-refractivity contribution is 7.13. The van der Waals surface area contributed by atoms with Gasteiger partial charge in [-0.3, -0.25) is 0 Å². The van der Waals surface area contributed by atoms with Crippen molar-refractivity contribution in [2.75, 3.05) is 49.7 Å². The predicted molar refractivity (Wildman–Crippen MR) is 82.0 cm³/mol. The molecule has 2 aromatic heterocycles. The number of nitrogens with zero attached hydrogens (tertiary/aromatic N) is 5. The smallest absolute Gasteiger partial charge is 0.205 e. The molecule has 108 valence electrons. The molecule has 1 saturated heterocycles. The van der Waals surface area contributed by atoms with Crippen molar-refractivity contribution in [2.24, 2.45) is 0 Å². The summed E-state index contributed by atoms with van der Waals surface area (Å²) in [5.41, 5.74) is 0. The minimum absolute atomic E-state index is 0.675. The van der Waals surface area contributed by atoms with Crippen molar-refractivity contribution in [3.8, 4) is 0 Å². The summed E-state index contributed by atoms with van der Waals surface area (Å²) in [4.78, 5) is 13.6. The largest absolute Gasteiger partial charge is 0.384 e. The Morgan fingerprint density at radius 2 is 1.95 bits per heavy atom.